The maximum Gasteiger partial charge on any atom is 0.229 e. The monoisotopic (exact) mass is 423 g/mol. The first kappa shape index (κ1) is 20.7. The van der Waals surface area contributed by atoms with E-state index in [1.807, 2.05) is 18.2 Å². The highest BCUT2D eigenvalue weighted by Gasteiger charge is 2.36. The zero-order valence-corrected chi connectivity index (χ0v) is 17.8. The fourth-order valence-electron chi connectivity index (χ4n) is 4.15. The third-order valence-corrected chi connectivity index (χ3v) is 5.81. The Hall–Kier alpha value is -3.55. The van der Waals surface area contributed by atoms with Crippen LogP contribution >= 0.6 is 0 Å². The molecule has 0 aliphatic carbocycles. The van der Waals surface area contributed by atoms with Crippen molar-refractivity contribution in [2.45, 2.75) is 19.8 Å². The molecule has 2 aromatic carbocycles. The topological polar surface area (TPSA) is 88.2 Å². The summed E-state index contributed by atoms with van der Waals surface area (Å²) in [4.78, 5) is 40.6. The summed E-state index contributed by atoms with van der Waals surface area (Å²) in [6.45, 7) is 2.50. The Labute approximate surface area is 180 Å². The summed E-state index contributed by atoms with van der Waals surface area (Å²) in [7, 11) is 3.08. The molecule has 1 atom stereocenters. The Morgan fingerprint density at radius 1 is 1.10 bits per heavy atom. The molecule has 2 heterocycles. The quantitative estimate of drug-likeness (QED) is 0.799. The fourth-order valence-corrected chi connectivity index (χ4v) is 4.15. The number of amides is 3. The molecule has 1 fully saturated rings. The van der Waals surface area contributed by atoms with E-state index < -0.39 is 5.92 Å². The molecule has 2 aromatic rings. The molecule has 2 aliphatic rings. The lowest BCUT2D eigenvalue weighted by Crippen LogP contribution is -2.28. The molecule has 8 nitrogen and oxygen atoms in total. The zero-order valence-electron chi connectivity index (χ0n) is 17.8. The number of anilines is 3. The summed E-state index contributed by atoms with van der Waals surface area (Å²) in [5.74, 6) is 0.321. The second-order valence-electron chi connectivity index (χ2n) is 7.69. The van der Waals surface area contributed by atoms with Crippen LogP contribution in [-0.2, 0) is 20.8 Å². The van der Waals surface area contributed by atoms with Crippen LogP contribution in [0.1, 0.15) is 18.9 Å². The summed E-state index contributed by atoms with van der Waals surface area (Å²) in [6, 6.07) is 10.8. The van der Waals surface area contributed by atoms with Gasteiger partial charge in [0.2, 0.25) is 17.7 Å². The molecule has 0 saturated carbocycles. The van der Waals surface area contributed by atoms with Crippen LogP contribution in [0.3, 0.4) is 0 Å². The molecular weight excluding hydrogens is 398 g/mol. The number of hydrogen-bond donors (Lipinski definition) is 1. The number of hydrogen-bond acceptors (Lipinski definition) is 5. The van der Waals surface area contributed by atoms with Crippen LogP contribution in [0.5, 0.6) is 11.5 Å². The van der Waals surface area contributed by atoms with E-state index in [2.05, 4.69) is 5.32 Å². The first-order chi connectivity index (χ1) is 14.9. The molecule has 8 heteroatoms. The van der Waals surface area contributed by atoms with Crippen molar-refractivity contribution < 1.29 is 23.9 Å². The van der Waals surface area contributed by atoms with E-state index in [1.54, 1.807) is 42.0 Å². The zero-order chi connectivity index (χ0) is 22.1. The van der Waals surface area contributed by atoms with Gasteiger partial charge in [-0.05, 0) is 42.3 Å². The third kappa shape index (κ3) is 3.93. The van der Waals surface area contributed by atoms with Gasteiger partial charge in [0, 0.05) is 43.9 Å². The van der Waals surface area contributed by atoms with E-state index in [1.165, 1.54) is 7.11 Å². The lowest BCUT2D eigenvalue weighted by atomic mass is 10.1. The van der Waals surface area contributed by atoms with Crippen molar-refractivity contribution >= 4 is 34.8 Å². The standard InChI is InChI=1S/C23H25N3O5/c1-14(27)25-9-8-15-10-17(4-7-20(15)25)26-13-16(11-22(26)28)23(29)24-19-6-5-18(30-2)12-21(19)31-3/h4-7,10,12,16H,8-9,11,13H2,1-3H3,(H,24,29). The van der Waals surface area contributed by atoms with Gasteiger partial charge in [0.05, 0.1) is 25.8 Å². The summed E-state index contributed by atoms with van der Waals surface area (Å²) < 4.78 is 10.5. The number of methoxy groups -OCH3 is 2. The van der Waals surface area contributed by atoms with Gasteiger partial charge in [0.15, 0.2) is 0 Å². The predicted molar refractivity (Wildman–Crippen MR) is 117 cm³/mol. The van der Waals surface area contributed by atoms with E-state index in [0.717, 1.165) is 23.4 Å². The Morgan fingerprint density at radius 2 is 1.90 bits per heavy atom. The molecule has 1 unspecified atom stereocenters. The van der Waals surface area contributed by atoms with Crippen molar-refractivity contribution in [2.24, 2.45) is 5.92 Å². The van der Waals surface area contributed by atoms with Gasteiger partial charge in [-0.3, -0.25) is 14.4 Å². The molecule has 0 aromatic heterocycles. The second-order valence-corrected chi connectivity index (χ2v) is 7.69. The maximum absolute atomic E-state index is 12.8. The number of benzene rings is 2. The molecule has 3 amide bonds. The van der Waals surface area contributed by atoms with Gasteiger partial charge in [-0.1, -0.05) is 0 Å². The largest absolute Gasteiger partial charge is 0.497 e. The number of carbonyl (C=O) groups is 3. The predicted octanol–water partition coefficient (Wildman–Crippen LogP) is 2.60. The SMILES string of the molecule is COc1ccc(NC(=O)C2CC(=O)N(c3ccc4c(c3)CCN4C(C)=O)C2)c(OC)c1. The Balaban J connectivity index is 1.48. The van der Waals surface area contributed by atoms with Crippen LogP contribution in [0.4, 0.5) is 17.1 Å². The Bertz CT molecular complexity index is 1050. The van der Waals surface area contributed by atoms with Gasteiger partial charge in [0.25, 0.3) is 0 Å². The summed E-state index contributed by atoms with van der Waals surface area (Å²) in [6.07, 6.45) is 0.896. The molecule has 4 rings (SSSR count). The smallest absolute Gasteiger partial charge is 0.229 e. The summed E-state index contributed by atoms with van der Waals surface area (Å²) in [5.41, 5.74) is 3.22. The summed E-state index contributed by atoms with van der Waals surface area (Å²) >= 11 is 0. The van der Waals surface area contributed by atoms with E-state index >= 15 is 0 Å². The average molecular weight is 423 g/mol. The fraction of sp³-hybridized carbons (Fsp3) is 0.348. The van der Waals surface area contributed by atoms with Gasteiger partial charge >= 0.3 is 0 Å². The van der Waals surface area contributed by atoms with E-state index in [-0.39, 0.29) is 24.1 Å². The minimum atomic E-state index is -0.471. The van der Waals surface area contributed by atoms with Gasteiger partial charge in [-0.2, -0.15) is 0 Å². The molecular formula is C23H25N3O5. The molecule has 2 aliphatic heterocycles. The van der Waals surface area contributed by atoms with Crippen molar-refractivity contribution in [2.75, 3.05) is 42.4 Å². The van der Waals surface area contributed by atoms with Crippen LogP contribution in [0.2, 0.25) is 0 Å². The Kier molecular flexibility index (Phi) is 5.54. The average Bonchev–Trinajstić information content (AvgIpc) is 3.37. The number of nitrogens with one attached hydrogen (secondary N) is 1. The first-order valence-corrected chi connectivity index (χ1v) is 10.2. The van der Waals surface area contributed by atoms with Crippen molar-refractivity contribution in [3.05, 3.63) is 42.0 Å². The normalized spacial score (nSPS) is 17.5. The van der Waals surface area contributed by atoms with Gasteiger partial charge < -0.3 is 24.6 Å². The first-order valence-electron chi connectivity index (χ1n) is 10.2. The second kappa shape index (κ2) is 8.29. The molecule has 162 valence electrons. The third-order valence-electron chi connectivity index (χ3n) is 5.81. The number of nitrogens with zero attached hydrogens (tertiary/aromatic N) is 2. The summed E-state index contributed by atoms with van der Waals surface area (Å²) in [5, 5.41) is 2.86. The number of carbonyl (C=O) groups excluding carboxylic acids is 3. The Morgan fingerprint density at radius 3 is 2.61 bits per heavy atom. The van der Waals surface area contributed by atoms with Crippen LogP contribution in [0.25, 0.3) is 0 Å². The molecule has 1 saturated heterocycles. The van der Waals surface area contributed by atoms with Crippen LogP contribution in [0.15, 0.2) is 36.4 Å². The highest BCUT2D eigenvalue weighted by Crippen LogP contribution is 2.35. The van der Waals surface area contributed by atoms with Crippen molar-refractivity contribution in [1.29, 1.82) is 0 Å². The lowest BCUT2D eigenvalue weighted by molar-refractivity contribution is -0.122. The molecule has 1 N–H and O–H groups in total. The minimum Gasteiger partial charge on any atom is -0.497 e. The highest BCUT2D eigenvalue weighted by molar-refractivity contribution is 6.04. The molecule has 0 radical (unpaired) electrons. The molecule has 0 spiro atoms. The van der Waals surface area contributed by atoms with Crippen molar-refractivity contribution in [3.63, 3.8) is 0 Å². The minimum absolute atomic E-state index is 0.00874. The van der Waals surface area contributed by atoms with Gasteiger partial charge in [-0.25, -0.2) is 0 Å². The van der Waals surface area contributed by atoms with Crippen molar-refractivity contribution in [3.8, 4) is 11.5 Å². The number of fused-ring (bicyclic) bond motifs is 1. The maximum atomic E-state index is 12.8. The highest BCUT2D eigenvalue weighted by atomic mass is 16.5. The van der Waals surface area contributed by atoms with Crippen LogP contribution < -0.4 is 24.6 Å². The van der Waals surface area contributed by atoms with Crippen LogP contribution in [-0.4, -0.2) is 45.0 Å². The van der Waals surface area contributed by atoms with Crippen molar-refractivity contribution in [1.82, 2.24) is 0 Å². The van der Waals surface area contributed by atoms with E-state index in [9.17, 15) is 14.4 Å². The van der Waals surface area contributed by atoms with E-state index in [0.29, 0.717) is 30.3 Å². The van der Waals surface area contributed by atoms with Crippen LogP contribution in [0, 0.1) is 5.92 Å². The molecule has 0 bridgehead atoms. The van der Waals surface area contributed by atoms with Gasteiger partial charge in [0.1, 0.15) is 11.5 Å². The van der Waals surface area contributed by atoms with Gasteiger partial charge in [-0.15, -0.1) is 0 Å². The molecule has 31 heavy (non-hydrogen) atoms. The lowest BCUT2D eigenvalue weighted by Gasteiger charge is -2.19. The number of ether oxygens (including phenoxy) is 2. The number of rotatable bonds is 5. The van der Waals surface area contributed by atoms with E-state index in [4.69, 9.17) is 9.47 Å².